The first-order chi connectivity index (χ1) is 7.63. The van der Waals surface area contributed by atoms with Crippen molar-refractivity contribution in [2.24, 2.45) is 0 Å². The van der Waals surface area contributed by atoms with Crippen molar-refractivity contribution in [1.82, 2.24) is 20.0 Å². The molecular formula is C11H13ClN4. The summed E-state index contributed by atoms with van der Waals surface area (Å²) in [7, 11) is 0. The molecule has 0 amide bonds. The number of aromatic nitrogens is 4. The van der Waals surface area contributed by atoms with Crippen LogP contribution in [0.2, 0.25) is 5.15 Å². The van der Waals surface area contributed by atoms with Gasteiger partial charge in [0.2, 0.25) is 0 Å². The van der Waals surface area contributed by atoms with Crippen molar-refractivity contribution in [3.8, 4) is 5.82 Å². The molecule has 0 atom stereocenters. The molecule has 2 aromatic rings. The third-order valence-electron chi connectivity index (χ3n) is 2.63. The highest BCUT2D eigenvalue weighted by Crippen LogP contribution is 2.17. The molecule has 2 heterocycles. The molecule has 0 radical (unpaired) electrons. The van der Waals surface area contributed by atoms with Gasteiger partial charge in [0, 0.05) is 5.69 Å². The van der Waals surface area contributed by atoms with Gasteiger partial charge in [0.15, 0.2) is 11.0 Å². The van der Waals surface area contributed by atoms with Crippen molar-refractivity contribution >= 4 is 11.6 Å². The van der Waals surface area contributed by atoms with Crippen LogP contribution in [0, 0.1) is 13.8 Å². The maximum Gasteiger partial charge on any atom is 0.176 e. The maximum absolute atomic E-state index is 5.70. The summed E-state index contributed by atoms with van der Waals surface area (Å²) in [6, 6.07) is 3.53. The summed E-state index contributed by atoms with van der Waals surface area (Å²) in [4.78, 5) is 0. The van der Waals surface area contributed by atoms with Gasteiger partial charge in [0.25, 0.3) is 0 Å². The zero-order chi connectivity index (χ0) is 11.7. The summed E-state index contributed by atoms with van der Waals surface area (Å²) < 4.78 is 1.80. The average Bonchev–Trinajstić information content (AvgIpc) is 2.55. The largest absolute Gasteiger partial charge is 0.217 e. The number of halogens is 1. The second-order valence-electron chi connectivity index (χ2n) is 3.63. The number of hydrogen-bond acceptors (Lipinski definition) is 3. The van der Waals surface area contributed by atoms with E-state index in [2.05, 4.69) is 22.2 Å². The first-order valence-corrected chi connectivity index (χ1v) is 5.56. The van der Waals surface area contributed by atoms with E-state index in [1.54, 1.807) is 10.7 Å². The van der Waals surface area contributed by atoms with Crippen LogP contribution in [-0.4, -0.2) is 20.0 Å². The van der Waals surface area contributed by atoms with E-state index in [1.165, 1.54) is 5.56 Å². The molecule has 0 saturated carbocycles. The Balaban J connectivity index is 2.52. The second-order valence-corrected chi connectivity index (χ2v) is 4.02. The SMILES string of the molecule is CCc1c(C)nn(-c2ccc(Cl)nn2)c1C. The fourth-order valence-electron chi connectivity index (χ4n) is 1.83. The van der Waals surface area contributed by atoms with Crippen LogP contribution in [0.5, 0.6) is 0 Å². The van der Waals surface area contributed by atoms with Crippen LogP contribution in [0.4, 0.5) is 0 Å². The van der Waals surface area contributed by atoms with Crippen LogP contribution < -0.4 is 0 Å². The number of hydrogen-bond donors (Lipinski definition) is 0. The monoisotopic (exact) mass is 236 g/mol. The van der Waals surface area contributed by atoms with E-state index in [-0.39, 0.29) is 0 Å². The first-order valence-electron chi connectivity index (χ1n) is 5.18. The van der Waals surface area contributed by atoms with Gasteiger partial charge in [0.1, 0.15) is 0 Å². The van der Waals surface area contributed by atoms with Crippen molar-refractivity contribution in [3.05, 3.63) is 34.2 Å². The predicted octanol–water partition coefficient (Wildman–Crippen LogP) is 2.49. The fraction of sp³-hybridized carbons (Fsp3) is 0.364. The van der Waals surface area contributed by atoms with Crippen LogP contribution >= 0.6 is 11.6 Å². The van der Waals surface area contributed by atoms with Crippen molar-refractivity contribution in [2.75, 3.05) is 0 Å². The van der Waals surface area contributed by atoms with E-state index in [1.807, 2.05) is 19.9 Å². The Morgan fingerprint density at radius 3 is 2.50 bits per heavy atom. The van der Waals surface area contributed by atoms with Crippen molar-refractivity contribution < 1.29 is 0 Å². The smallest absolute Gasteiger partial charge is 0.176 e. The minimum Gasteiger partial charge on any atom is -0.217 e. The lowest BCUT2D eigenvalue weighted by Crippen LogP contribution is -2.03. The van der Waals surface area contributed by atoms with Crippen LogP contribution in [0.25, 0.3) is 5.82 Å². The van der Waals surface area contributed by atoms with Gasteiger partial charge in [-0.25, -0.2) is 4.68 Å². The van der Waals surface area contributed by atoms with Gasteiger partial charge < -0.3 is 0 Å². The third kappa shape index (κ3) is 1.80. The van der Waals surface area contributed by atoms with Gasteiger partial charge in [-0.3, -0.25) is 0 Å². The Bertz CT molecular complexity index is 501. The standard InChI is InChI=1S/C11H13ClN4/c1-4-9-7(2)15-16(8(9)3)11-6-5-10(12)13-14-11/h5-6H,4H2,1-3H3. The lowest BCUT2D eigenvalue weighted by molar-refractivity contribution is 0.781. The van der Waals surface area contributed by atoms with Crippen LogP contribution in [-0.2, 0) is 6.42 Å². The molecule has 0 bridgehead atoms. The molecule has 84 valence electrons. The van der Waals surface area contributed by atoms with Crippen LogP contribution in [0.1, 0.15) is 23.9 Å². The Kier molecular flexibility index (Phi) is 2.92. The number of nitrogens with zero attached hydrogens (tertiary/aromatic N) is 4. The summed E-state index contributed by atoms with van der Waals surface area (Å²) in [5.41, 5.74) is 3.41. The Labute approximate surface area is 99.3 Å². The second kappa shape index (κ2) is 4.22. The van der Waals surface area contributed by atoms with Gasteiger partial charge in [-0.15, -0.1) is 10.2 Å². The van der Waals surface area contributed by atoms with Gasteiger partial charge >= 0.3 is 0 Å². The lowest BCUT2D eigenvalue weighted by Gasteiger charge is -2.02. The summed E-state index contributed by atoms with van der Waals surface area (Å²) >= 11 is 5.70. The summed E-state index contributed by atoms with van der Waals surface area (Å²) in [5.74, 6) is 0.699. The van der Waals surface area contributed by atoms with E-state index in [9.17, 15) is 0 Å². The fourth-order valence-corrected chi connectivity index (χ4v) is 1.93. The molecule has 0 fully saturated rings. The van der Waals surface area contributed by atoms with Gasteiger partial charge in [0.05, 0.1) is 5.69 Å². The van der Waals surface area contributed by atoms with Gasteiger partial charge in [-0.05, 0) is 38.0 Å². The van der Waals surface area contributed by atoms with E-state index in [0.29, 0.717) is 11.0 Å². The zero-order valence-corrected chi connectivity index (χ0v) is 10.3. The Hall–Kier alpha value is -1.42. The molecule has 16 heavy (non-hydrogen) atoms. The van der Waals surface area contributed by atoms with E-state index < -0.39 is 0 Å². The van der Waals surface area contributed by atoms with E-state index in [4.69, 9.17) is 11.6 Å². The van der Waals surface area contributed by atoms with Crippen molar-refractivity contribution in [1.29, 1.82) is 0 Å². The lowest BCUT2D eigenvalue weighted by atomic mass is 10.1. The van der Waals surface area contributed by atoms with E-state index >= 15 is 0 Å². The highest BCUT2D eigenvalue weighted by Gasteiger charge is 2.11. The average molecular weight is 237 g/mol. The highest BCUT2D eigenvalue weighted by molar-refractivity contribution is 6.29. The van der Waals surface area contributed by atoms with Gasteiger partial charge in [-0.1, -0.05) is 18.5 Å². The molecule has 0 saturated heterocycles. The Morgan fingerprint density at radius 2 is 2.00 bits per heavy atom. The van der Waals surface area contributed by atoms with Gasteiger partial charge in [-0.2, -0.15) is 5.10 Å². The Morgan fingerprint density at radius 1 is 1.25 bits per heavy atom. The molecule has 0 unspecified atom stereocenters. The van der Waals surface area contributed by atoms with Crippen LogP contribution in [0.3, 0.4) is 0 Å². The first kappa shape index (κ1) is 11.1. The maximum atomic E-state index is 5.70. The molecule has 2 rings (SSSR count). The normalized spacial score (nSPS) is 10.8. The topological polar surface area (TPSA) is 43.6 Å². The highest BCUT2D eigenvalue weighted by atomic mass is 35.5. The summed E-state index contributed by atoms with van der Waals surface area (Å²) in [6.07, 6.45) is 0.971. The third-order valence-corrected chi connectivity index (χ3v) is 2.83. The van der Waals surface area contributed by atoms with Crippen LogP contribution in [0.15, 0.2) is 12.1 Å². The molecule has 0 aliphatic rings. The molecule has 0 aromatic carbocycles. The van der Waals surface area contributed by atoms with Crippen molar-refractivity contribution in [2.45, 2.75) is 27.2 Å². The molecule has 4 nitrogen and oxygen atoms in total. The molecule has 0 aliphatic carbocycles. The number of rotatable bonds is 2. The quantitative estimate of drug-likeness (QED) is 0.805. The molecule has 0 spiro atoms. The summed E-state index contributed by atoms with van der Waals surface area (Å²) in [6.45, 7) is 6.16. The minimum absolute atomic E-state index is 0.390. The van der Waals surface area contributed by atoms with Crippen molar-refractivity contribution in [3.63, 3.8) is 0 Å². The molecular weight excluding hydrogens is 224 g/mol. The molecule has 5 heteroatoms. The van der Waals surface area contributed by atoms with E-state index in [0.717, 1.165) is 17.8 Å². The summed E-state index contributed by atoms with van der Waals surface area (Å²) in [5, 5.41) is 12.7. The molecule has 2 aromatic heterocycles. The predicted molar refractivity (Wildman–Crippen MR) is 63.0 cm³/mol. The molecule has 0 N–H and O–H groups in total. The molecule has 0 aliphatic heterocycles. The zero-order valence-electron chi connectivity index (χ0n) is 9.53. The number of aryl methyl sites for hydroxylation is 1. The minimum atomic E-state index is 0.390.